The Morgan fingerprint density at radius 1 is 1.62 bits per heavy atom. The van der Waals surface area contributed by atoms with Gasteiger partial charge in [-0.05, 0) is 32.2 Å². The summed E-state index contributed by atoms with van der Waals surface area (Å²) in [4.78, 5) is 11.2. The van der Waals surface area contributed by atoms with Crippen LogP contribution in [0, 0.1) is 5.92 Å². The van der Waals surface area contributed by atoms with E-state index in [1.54, 1.807) is 0 Å². The van der Waals surface area contributed by atoms with Crippen molar-refractivity contribution < 1.29 is 9.53 Å². The van der Waals surface area contributed by atoms with Crippen molar-refractivity contribution in [2.75, 3.05) is 13.2 Å². The second-order valence-electron chi connectivity index (χ2n) is 3.79. The molecule has 0 spiro atoms. The lowest BCUT2D eigenvalue weighted by atomic mass is 9.93. The van der Waals surface area contributed by atoms with Gasteiger partial charge >= 0.3 is 5.97 Å². The lowest BCUT2D eigenvalue weighted by molar-refractivity contribution is -0.143. The van der Waals surface area contributed by atoms with Gasteiger partial charge in [-0.1, -0.05) is 6.92 Å². The van der Waals surface area contributed by atoms with Gasteiger partial charge in [0.05, 0.1) is 13.0 Å². The molecule has 0 amide bonds. The molecule has 0 radical (unpaired) electrons. The first-order chi connectivity index (χ1) is 6.22. The predicted molar refractivity (Wildman–Crippen MR) is 51.4 cm³/mol. The van der Waals surface area contributed by atoms with Gasteiger partial charge in [-0.15, -0.1) is 0 Å². The summed E-state index contributed by atoms with van der Waals surface area (Å²) >= 11 is 0. The van der Waals surface area contributed by atoms with Crippen LogP contribution in [0.4, 0.5) is 0 Å². The maximum absolute atomic E-state index is 11.2. The number of carbonyl (C=O) groups is 1. The third-order valence-electron chi connectivity index (χ3n) is 2.48. The molecule has 1 rings (SSSR count). The van der Waals surface area contributed by atoms with Gasteiger partial charge in [0.15, 0.2) is 0 Å². The second kappa shape index (κ2) is 5.22. The fraction of sp³-hybridized carbons (Fsp3) is 0.900. The van der Waals surface area contributed by atoms with Crippen molar-refractivity contribution in [3.8, 4) is 0 Å². The number of hydrogen-bond acceptors (Lipinski definition) is 3. The summed E-state index contributed by atoms with van der Waals surface area (Å²) in [5, 5.41) is 3.34. The Morgan fingerprint density at radius 2 is 2.38 bits per heavy atom. The van der Waals surface area contributed by atoms with Gasteiger partial charge in [-0.2, -0.15) is 0 Å². The van der Waals surface area contributed by atoms with E-state index in [9.17, 15) is 4.79 Å². The monoisotopic (exact) mass is 185 g/mol. The zero-order valence-corrected chi connectivity index (χ0v) is 8.51. The van der Waals surface area contributed by atoms with Crippen molar-refractivity contribution in [2.24, 2.45) is 5.92 Å². The van der Waals surface area contributed by atoms with Gasteiger partial charge in [-0.25, -0.2) is 0 Å². The maximum atomic E-state index is 11.2. The zero-order chi connectivity index (χ0) is 9.68. The van der Waals surface area contributed by atoms with E-state index in [-0.39, 0.29) is 5.97 Å². The highest BCUT2D eigenvalue weighted by atomic mass is 16.5. The molecule has 0 aliphatic carbocycles. The molecule has 1 heterocycles. The van der Waals surface area contributed by atoms with Crippen molar-refractivity contribution in [1.82, 2.24) is 5.32 Å². The molecular weight excluding hydrogens is 166 g/mol. The maximum Gasteiger partial charge on any atom is 0.307 e. The van der Waals surface area contributed by atoms with Gasteiger partial charge < -0.3 is 10.1 Å². The fourth-order valence-corrected chi connectivity index (χ4v) is 1.80. The lowest BCUT2D eigenvalue weighted by Gasteiger charge is -2.27. The first kappa shape index (κ1) is 10.5. The van der Waals surface area contributed by atoms with Crippen LogP contribution in [0.1, 0.15) is 33.1 Å². The van der Waals surface area contributed by atoms with Gasteiger partial charge in [0.25, 0.3) is 0 Å². The van der Waals surface area contributed by atoms with Gasteiger partial charge in [0, 0.05) is 6.04 Å². The number of piperidine rings is 1. The molecule has 0 aromatic rings. The van der Waals surface area contributed by atoms with Crippen LogP contribution < -0.4 is 5.32 Å². The van der Waals surface area contributed by atoms with E-state index in [0.717, 1.165) is 18.9 Å². The molecule has 1 fully saturated rings. The topological polar surface area (TPSA) is 38.3 Å². The first-order valence-electron chi connectivity index (χ1n) is 5.11. The van der Waals surface area contributed by atoms with Crippen molar-refractivity contribution in [2.45, 2.75) is 39.2 Å². The second-order valence-corrected chi connectivity index (χ2v) is 3.79. The highest BCUT2D eigenvalue weighted by molar-refractivity contribution is 5.70. The highest BCUT2D eigenvalue weighted by Crippen LogP contribution is 2.17. The number of rotatable bonds is 3. The minimum Gasteiger partial charge on any atom is -0.466 e. The summed E-state index contributed by atoms with van der Waals surface area (Å²) in [5.74, 6) is 0.662. The van der Waals surface area contributed by atoms with E-state index in [4.69, 9.17) is 4.74 Å². The average Bonchev–Trinajstić information content (AvgIpc) is 2.04. The Balaban J connectivity index is 2.23. The Kier molecular flexibility index (Phi) is 4.22. The molecule has 0 aromatic heterocycles. The third kappa shape index (κ3) is 3.77. The number of ether oxygens (including phenoxy) is 1. The molecule has 0 bridgehead atoms. The third-order valence-corrected chi connectivity index (χ3v) is 2.48. The zero-order valence-electron chi connectivity index (χ0n) is 8.51. The standard InChI is InChI=1S/C10H19NO2/c1-3-13-10(12)7-9-6-8(2)4-5-11-9/h8-9,11H,3-7H2,1-2H3. The van der Waals surface area contributed by atoms with Gasteiger partial charge in [-0.3, -0.25) is 4.79 Å². The summed E-state index contributed by atoms with van der Waals surface area (Å²) in [6, 6.07) is 0.336. The van der Waals surface area contributed by atoms with Crippen LogP contribution in [0.25, 0.3) is 0 Å². The summed E-state index contributed by atoms with van der Waals surface area (Å²) in [6.45, 7) is 5.60. The smallest absolute Gasteiger partial charge is 0.307 e. The molecule has 3 heteroatoms. The van der Waals surface area contributed by atoms with Crippen molar-refractivity contribution in [3.63, 3.8) is 0 Å². The van der Waals surface area contributed by atoms with Crippen LogP contribution >= 0.6 is 0 Å². The van der Waals surface area contributed by atoms with Crippen molar-refractivity contribution >= 4 is 5.97 Å². The Hall–Kier alpha value is -0.570. The van der Waals surface area contributed by atoms with Crippen molar-refractivity contribution in [1.29, 1.82) is 0 Å². The molecule has 1 saturated heterocycles. The first-order valence-corrected chi connectivity index (χ1v) is 5.11. The molecule has 2 unspecified atom stereocenters. The number of esters is 1. The van der Waals surface area contributed by atoms with Crippen LogP contribution in [0.3, 0.4) is 0 Å². The molecule has 13 heavy (non-hydrogen) atoms. The van der Waals surface area contributed by atoms with Crippen molar-refractivity contribution in [3.05, 3.63) is 0 Å². The normalized spacial score (nSPS) is 28.5. The largest absolute Gasteiger partial charge is 0.466 e. The number of nitrogens with one attached hydrogen (secondary N) is 1. The van der Waals surface area contributed by atoms with Crippen LogP contribution in [-0.4, -0.2) is 25.2 Å². The van der Waals surface area contributed by atoms with E-state index < -0.39 is 0 Å². The molecule has 1 aliphatic rings. The Labute approximate surface area is 79.8 Å². The minimum atomic E-state index is -0.0749. The van der Waals surface area contributed by atoms with E-state index in [2.05, 4.69) is 12.2 Å². The molecule has 3 nitrogen and oxygen atoms in total. The number of hydrogen-bond donors (Lipinski definition) is 1. The van der Waals surface area contributed by atoms with E-state index >= 15 is 0 Å². The summed E-state index contributed by atoms with van der Waals surface area (Å²) in [6.07, 6.45) is 2.84. The molecular formula is C10H19NO2. The molecule has 2 atom stereocenters. The summed E-state index contributed by atoms with van der Waals surface area (Å²) in [5.41, 5.74) is 0. The molecule has 76 valence electrons. The Morgan fingerprint density at radius 3 is 3.00 bits per heavy atom. The minimum absolute atomic E-state index is 0.0749. The van der Waals surface area contributed by atoms with Gasteiger partial charge in [0.2, 0.25) is 0 Å². The predicted octanol–water partition coefficient (Wildman–Crippen LogP) is 1.33. The van der Waals surface area contributed by atoms with Crippen LogP contribution in [0.5, 0.6) is 0 Å². The fourth-order valence-electron chi connectivity index (χ4n) is 1.80. The highest BCUT2D eigenvalue weighted by Gasteiger charge is 2.20. The molecule has 1 aliphatic heterocycles. The summed E-state index contributed by atoms with van der Waals surface area (Å²) in [7, 11) is 0. The average molecular weight is 185 g/mol. The number of carbonyl (C=O) groups excluding carboxylic acids is 1. The van der Waals surface area contributed by atoms with Gasteiger partial charge in [0.1, 0.15) is 0 Å². The van der Waals surface area contributed by atoms with Crippen LogP contribution in [-0.2, 0) is 9.53 Å². The van der Waals surface area contributed by atoms with Crippen LogP contribution in [0.15, 0.2) is 0 Å². The SMILES string of the molecule is CCOC(=O)CC1CC(C)CCN1. The van der Waals surface area contributed by atoms with Crippen LogP contribution in [0.2, 0.25) is 0 Å². The molecule has 0 saturated carbocycles. The van der Waals surface area contributed by atoms with E-state index in [1.165, 1.54) is 6.42 Å². The quantitative estimate of drug-likeness (QED) is 0.674. The lowest BCUT2D eigenvalue weighted by Crippen LogP contribution is -2.39. The molecule has 1 N–H and O–H groups in total. The summed E-state index contributed by atoms with van der Waals surface area (Å²) < 4.78 is 4.90. The Bertz CT molecular complexity index is 170. The molecule has 0 aromatic carbocycles. The van der Waals surface area contributed by atoms with E-state index in [1.807, 2.05) is 6.92 Å². The van der Waals surface area contributed by atoms with E-state index in [0.29, 0.717) is 19.1 Å².